The summed E-state index contributed by atoms with van der Waals surface area (Å²) in [4.78, 5) is 0. The maximum Gasteiger partial charge on any atom is 0.0700 e. The molecule has 4 nitrogen and oxygen atoms in total. The molecular formula is C12H21N3O. The number of ether oxygens (including phenoxy) is 1. The molecule has 0 spiro atoms. The number of hydrogen-bond acceptors (Lipinski definition) is 3. The van der Waals surface area contributed by atoms with E-state index in [2.05, 4.69) is 17.3 Å². The molecule has 1 aliphatic heterocycles. The van der Waals surface area contributed by atoms with Crippen LogP contribution in [0.15, 0.2) is 12.3 Å². The van der Waals surface area contributed by atoms with Crippen molar-refractivity contribution in [3.8, 4) is 0 Å². The Morgan fingerprint density at radius 2 is 2.56 bits per heavy atom. The van der Waals surface area contributed by atoms with Crippen LogP contribution >= 0.6 is 0 Å². The lowest BCUT2D eigenvalue weighted by molar-refractivity contribution is 0.109. The Morgan fingerprint density at radius 1 is 1.69 bits per heavy atom. The summed E-state index contributed by atoms with van der Waals surface area (Å²) in [6, 6.07) is 2.44. The molecular weight excluding hydrogens is 202 g/mol. The zero-order chi connectivity index (χ0) is 11.4. The molecule has 1 saturated heterocycles. The monoisotopic (exact) mass is 223 g/mol. The molecule has 1 fully saturated rings. The Labute approximate surface area is 97.0 Å². The van der Waals surface area contributed by atoms with Crippen molar-refractivity contribution >= 4 is 0 Å². The molecule has 2 unspecified atom stereocenters. The summed E-state index contributed by atoms with van der Waals surface area (Å²) >= 11 is 0. The van der Waals surface area contributed by atoms with Crippen molar-refractivity contribution < 1.29 is 4.74 Å². The van der Waals surface area contributed by atoms with Gasteiger partial charge in [-0.2, -0.15) is 5.10 Å². The molecule has 0 bridgehead atoms. The molecule has 2 rings (SSSR count). The lowest BCUT2D eigenvalue weighted by Gasteiger charge is -2.15. The fourth-order valence-electron chi connectivity index (χ4n) is 2.03. The Bertz CT molecular complexity index is 318. The van der Waals surface area contributed by atoms with Crippen molar-refractivity contribution in [2.24, 2.45) is 0 Å². The van der Waals surface area contributed by atoms with Gasteiger partial charge in [0, 0.05) is 25.9 Å². The smallest absolute Gasteiger partial charge is 0.0700 e. The summed E-state index contributed by atoms with van der Waals surface area (Å²) in [6.45, 7) is 7.03. The van der Waals surface area contributed by atoms with Gasteiger partial charge < -0.3 is 10.1 Å². The van der Waals surface area contributed by atoms with Crippen LogP contribution in [0.5, 0.6) is 0 Å². The first kappa shape index (κ1) is 11.6. The van der Waals surface area contributed by atoms with Crippen LogP contribution in [0.1, 0.15) is 31.5 Å². The molecule has 0 radical (unpaired) electrons. The quantitative estimate of drug-likeness (QED) is 0.822. The summed E-state index contributed by atoms with van der Waals surface area (Å²) in [6.07, 6.45) is 4.86. The third kappa shape index (κ3) is 3.06. The first-order valence-electron chi connectivity index (χ1n) is 6.10. The molecule has 90 valence electrons. The Hall–Kier alpha value is -0.870. The molecule has 0 saturated carbocycles. The molecule has 2 heterocycles. The summed E-state index contributed by atoms with van der Waals surface area (Å²) in [5.41, 5.74) is 1.07. The molecule has 1 aromatic heterocycles. The first-order valence-corrected chi connectivity index (χ1v) is 6.10. The Morgan fingerprint density at radius 3 is 3.19 bits per heavy atom. The van der Waals surface area contributed by atoms with E-state index in [4.69, 9.17) is 4.74 Å². The summed E-state index contributed by atoms with van der Waals surface area (Å²) < 4.78 is 7.57. The molecule has 16 heavy (non-hydrogen) atoms. The van der Waals surface area contributed by atoms with Crippen molar-refractivity contribution in [2.45, 2.75) is 38.8 Å². The molecule has 0 aromatic carbocycles. The average Bonchev–Trinajstić information content (AvgIpc) is 2.89. The number of nitrogens with one attached hydrogen (secondary N) is 1. The SMILES string of the molecule is Cc1ccn(C(C)CNCC2CCCO2)n1. The highest BCUT2D eigenvalue weighted by Gasteiger charge is 2.15. The van der Waals surface area contributed by atoms with Crippen LogP contribution < -0.4 is 5.32 Å². The molecule has 1 aliphatic rings. The zero-order valence-corrected chi connectivity index (χ0v) is 10.1. The Balaban J connectivity index is 1.69. The van der Waals surface area contributed by atoms with E-state index in [9.17, 15) is 0 Å². The van der Waals surface area contributed by atoms with Crippen LogP contribution in [-0.2, 0) is 4.74 Å². The predicted octanol–water partition coefficient (Wildman–Crippen LogP) is 1.52. The second-order valence-electron chi connectivity index (χ2n) is 4.58. The molecule has 0 aliphatic carbocycles. The van der Waals surface area contributed by atoms with E-state index in [0.717, 1.165) is 25.4 Å². The van der Waals surface area contributed by atoms with Gasteiger partial charge in [-0.3, -0.25) is 4.68 Å². The third-order valence-corrected chi connectivity index (χ3v) is 3.03. The van der Waals surface area contributed by atoms with E-state index < -0.39 is 0 Å². The molecule has 1 aromatic rings. The van der Waals surface area contributed by atoms with Crippen LogP contribution in [0.4, 0.5) is 0 Å². The number of nitrogens with zero attached hydrogens (tertiary/aromatic N) is 2. The van der Waals surface area contributed by atoms with E-state index in [-0.39, 0.29) is 0 Å². The van der Waals surface area contributed by atoms with Gasteiger partial charge in [-0.25, -0.2) is 0 Å². The second-order valence-corrected chi connectivity index (χ2v) is 4.58. The number of aromatic nitrogens is 2. The largest absolute Gasteiger partial charge is 0.377 e. The molecule has 0 amide bonds. The summed E-state index contributed by atoms with van der Waals surface area (Å²) in [7, 11) is 0. The van der Waals surface area contributed by atoms with Gasteiger partial charge >= 0.3 is 0 Å². The van der Waals surface area contributed by atoms with E-state index in [1.807, 2.05) is 23.9 Å². The van der Waals surface area contributed by atoms with E-state index in [1.54, 1.807) is 0 Å². The molecule has 1 N–H and O–H groups in total. The molecule has 2 atom stereocenters. The van der Waals surface area contributed by atoms with Gasteiger partial charge in [-0.05, 0) is 32.8 Å². The maximum absolute atomic E-state index is 5.56. The van der Waals surface area contributed by atoms with Crippen LogP contribution in [0.25, 0.3) is 0 Å². The number of hydrogen-bond donors (Lipinski definition) is 1. The van der Waals surface area contributed by atoms with Crippen LogP contribution in [0, 0.1) is 6.92 Å². The standard InChI is InChI=1S/C12H21N3O/c1-10-5-6-15(14-10)11(2)8-13-9-12-4-3-7-16-12/h5-6,11-13H,3-4,7-9H2,1-2H3. The van der Waals surface area contributed by atoms with Gasteiger partial charge in [0.15, 0.2) is 0 Å². The van der Waals surface area contributed by atoms with Gasteiger partial charge in [0.25, 0.3) is 0 Å². The number of rotatable bonds is 5. The van der Waals surface area contributed by atoms with Gasteiger partial charge in [0.1, 0.15) is 0 Å². The number of aryl methyl sites for hydroxylation is 1. The van der Waals surface area contributed by atoms with Crippen molar-refractivity contribution in [1.82, 2.24) is 15.1 Å². The first-order chi connectivity index (χ1) is 7.75. The second kappa shape index (κ2) is 5.46. The minimum absolute atomic E-state index is 0.398. The summed E-state index contributed by atoms with van der Waals surface area (Å²) in [5, 5.41) is 7.86. The van der Waals surface area contributed by atoms with Crippen molar-refractivity contribution in [3.05, 3.63) is 18.0 Å². The van der Waals surface area contributed by atoms with E-state index in [1.165, 1.54) is 12.8 Å². The van der Waals surface area contributed by atoms with Crippen molar-refractivity contribution in [1.29, 1.82) is 0 Å². The highest BCUT2D eigenvalue weighted by molar-refractivity contribution is 4.95. The van der Waals surface area contributed by atoms with Crippen LogP contribution in [0.3, 0.4) is 0 Å². The lowest BCUT2D eigenvalue weighted by Crippen LogP contribution is -2.31. The van der Waals surface area contributed by atoms with Gasteiger partial charge in [-0.1, -0.05) is 0 Å². The lowest BCUT2D eigenvalue weighted by atomic mass is 10.2. The fraction of sp³-hybridized carbons (Fsp3) is 0.750. The maximum atomic E-state index is 5.56. The zero-order valence-electron chi connectivity index (χ0n) is 10.1. The van der Waals surface area contributed by atoms with Gasteiger partial charge in [0.2, 0.25) is 0 Å². The fourth-order valence-corrected chi connectivity index (χ4v) is 2.03. The van der Waals surface area contributed by atoms with Crippen molar-refractivity contribution in [3.63, 3.8) is 0 Å². The summed E-state index contributed by atoms with van der Waals surface area (Å²) in [5.74, 6) is 0. The Kier molecular flexibility index (Phi) is 3.96. The van der Waals surface area contributed by atoms with Crippen molar-refractivity contribution in [2.75, 3.05) is 19.7 Å². The minimum atomic E-state index is 0.398. The highest BCUT2D eigenvalue weighted by Crippen LogP contribution is 2.11. The highest BCUT2D eigenvalue weighted by atomic mass is 16.5. The van der Waals surface area contributed by atoms with Gasteiger partial charge in [0.05, 0.1) is 17.8 Å². The normalized spacial score (nSPS) is 22.5. The average molecular weight is 223 g/mol. The van der Waals surface area contributed by atoms with E-state index in [0.29, 0.717) is 12.1 Å². The topological polar surface area (TPSA) is 39.1 Å². The predicted molar refractivity (Wildman–Crippen MR) is 63.5 cm³/mol. The van der Waals surface area contributed by atoms with Gasteiger partial charge in [-0.15, -0.1) is 0 Å². The van der Waals surface area contributed by atoms with E-state index >= 15 is 0 Å². The molecule has 4 heteroatoms. The third-order valence-electron chi connectivity index (χ3n) is 3.03. The minimum Gasteiger partial charge on any atom is -0.377 e. The van der Waals surface area contributed by atoms with Crippen LogP contribution in [-0.4, -0.2) is 35.6 Å². The van der Waals surface area contributed by atoms with Crippen LogP contribution in [0.2, 0.25) is 0 Å².